The molecule has 0 spiro atoms. The Balaban J connectivity index is 4.00. The minimum absolute atomic E-state index is 0.0320. The van der Waals surface area contributed by atoms with Gasteiger partial charge in [0.15, 0.2) is 0 Å². The van der Waals surface area contributed by atoms with Gasteiger partial charge < -0.3 is 14.6 Å². The van der Waals surface area contributed by atoms with Gasteiger partial charge in [0.2, 0.25) is 0 Å². The number of rotatable bonds is 10. The quantitative estimate of drug-likeness (QED) is 0.566. The highest BCUT2D eigenvalue weighted by molar-refractivity contribution is 5.67. The van der Waals surface area contributed by atoms with Crippen LogP contribution in [0.1, 0.15) is 19.8 Å². The van der Waals surface area contributed by atoms with Gasteiger partial charge in [-0.2, -0.15) is 0 Å². The Kier molecular flexibility index (Phi) is 9.18. The van der Waals surface area contributed by atoms with Gasteiger partial charge in [-0.3, -0.25) is 9.69 Å². The summed E-state index contributed by atoms with van der Waals surface area (Å²) < 4.78 is 10.00. The van der Waals surface area contributed by atoms with Crippen LogP contribution in [0.2, 0.25) is 0 Å². The van der Waals surface area contributed by atoms with E-state index in [2.05, 4.69) is 4.90 Å². The Labute approximate surface area is 97.3 Å². The normalized spacial score (nSPS) is 13.0. The van der Waals surface area contributed by atoms with Crippen molar-refractivity contribution >= 4 is 5.97 Å². The molecule has 1 N–H and O–H groups in total. The van der Waals surface area contributed by atoms with E-state index in [1.807, 2.05) is 6.92 Å². The lowest BCUT2D eigenvalue weighted by Crippen LogP contribution is -2.38. The first-order valence-electron chi connectivity index (χ1n) is 5.55. The van der Waals surface area contributed by atoms with Gasteiger partial charge in [-0.1, -0.05) is 0 Å². The van der Waals surface area contributed by atoms with E-state index in [0.717, 1.165) is 19.5 Å². The molecule has 16 heavy (non-hydrogen) atoms. The van der Waals surface area contributed by atoms with E-state index in [0.29, 0.717) is 13.2 Å². The van der Waals surface area contributed by atoms with Gasteiger partial charge in [0.1, 0.15) is 0 Å². The standard InChI is InChI=1S/C11H23NO4/c1-10(9-11(13)14)12(6-8-16-3)5-4-7-15-2/h10H,4-9H2,1-3H3,(H,13,14). The highest BCUT2D eigenvalue weighted by atomic mass is 16.5. The first-order valence-corrected chi connectivity index (χ1v) is 5.55. The van der Waals surface area contributed by atoms with Crippen LogP contribution in [0.3, 0.4) is 0 Å². The second-order valence-corrected chi connectivity index (χ2v) is 3.82. The molecule has 0 radical (unpaired) electrons. The summed E-state index contributed by atoms with van der Waals surface area (Å²) in [5.41, 5.74) is 0. The van der Waals surface area contributed by atoms with Crippen molar-refractivity contribution in [2.75, 3.05) is 40.5 Å². The van der Waals surface area contributed by atoms with Crippen molar-refractivity contribution in [3.05, 3.63) is 0 Å². The zero-order valence-corrected chi connectivity index (χ0v) is 10.4. The van der Waals surface area contributed by atoms with Crippen LogP contribution >= 0.6 is 0 Å². The number of carboxylic acid groups (broad SMARTS) is 1. The van der Waals surface area contributed by atoms with Crippen LogP contribution in [0.5, 0.6) is 0 Å². The van der Waals surface area contributed by atoms with E-state index in [1.54, 1.807) is 14.2 Å². The van der Waals surface area contributed by atoms with Gasteiger partial charge in [0, 0.05) is 40.0 Å². The molecule has 0 aromatic carbocycles. The molecule has 0 rings (SSSR count). The summed E-state index contributed by atoms with van der Waals surface area (Å²) in [6.07, 6.45) is 1.07. The lowest BCUT2D eigenvalue weighted by Gasteiger charge is -2.27. The topological polar surface area (TPSA) is 59.0 Å². The van der Waals surface area contributed by atoms with Crippen LogP contribution in [0.4, 0.5) is 0 Å². The molecule has 0 aliphatic heterocycles. The van der Waals surface area contributed by atoms with E-state index in [-0.39, 0.29) is 12.5 Å². The Hall–Kier alpha value is -0.650. The van der Waals surface area contributed by atoms with E-state index in [9.17, 15) is 4.79 Å². The first-order chi connectivity index (χ1) is 7.61. The number of hydrogen-bond donors (Lipinski definition) is 1. The number of ether oxygens (including phenoxy) is 2. The second-order valence-electron chi connectivity index (χ2n) is 3.82. The van der Waals surface area contributed by atoms with Gasteiger partial charge >= 0.3 is 5.97 Å². The zero-order valence-electron chi connectivity index (χ0n) is 10.4. The summed E-state index contributed by atoms with van der Waals surface area (Å²) in [7, 11) is 3.31. The van der Waals surface area contributed by atoms with Gasteiger partial charge in [-0.05, 0) is 13.3 Å². The fraction of sp³-hybridized carbons (Fsp3) is 0.909. The first kappa shape index (κ1) is 15.3. The van der Waals surface area contributed by atoms with E-state index in [1.165, 1.54) is 0 Å². The van der Waals surface area contributed by atoms with Gasteiger partial charge in [0.25, 0.3) is 0 Å². The Bertz CT molecular complexity index is 187. The summed E-state index contributed by atoms with van der Waals surface area (Å²) in [5.74, 6) is -0.762. The van der Waals surface area contributed by atoms with Gasteiger partial charge in [-0.15, -0.1) is 0 Å². The number of carbonyl (C=O) groups is 1. The molecule has 0 fully saturated rings. The molecule has 0 aliphatic rings. The van der Waals surface area contributed by atoms with Crippen molar-refractivity contribution in [3.63, 3.8) is 0 Å². The van der Waals surface area contributed by atoms with Crippen molar-refractivity contribution in [2.24, 2.45) is 0 Å². The van der Waals surface area contributed by atoms with Crippen LogP contribution in [0.15, 0.2) is 0 Å². The molecule has 0 saturated heterocycles. The fourth-order valence-corrected chi connectivity index (χ4v) is 1.55. The summed E-state index contributed by atoms with van der Waals surface area (Å²) in [6.45, 7) is 4.84. The lowest BCUT2D eigenvalue weighted by atomic mass is 10.2. The number of methoxy groups -OCH3 is 2. The van der Waals surface area contributed by atoms with Crippen LogP contribution in [0.25, 0.3) is 0 Å². The van der Waals surface area contributed by atoms with Crippen LogP contribution in [-0.4, -0.2) is 62.5 Å². The Morgan fingerprint density at radius 1 is 1.25 bits per heavy atom. The smallest absolute Gasteiger partial charge is 0.304 e. The Morgan fingerprint density at radius 3 is 2.38 bits per heavy atom. The van der Waals surface area contributed by atoms with Gasteiger partial charge in [-0.25, -0.2) is 0 Å². The van der Waals surface area contributed by atoms with Crippen LogP contribution in [-0.2, 0) is 14.3 Å². The maximum Gasteiger partial charge on any atom is 0.304 e. The average molecular weight is 233 g/mol. The van der Waals surface area contributed by atoms with Crippen molar-refractivity contribution < 1.29 is 19.4 Å². The van der Waals surface area contributed by atoms with E-state index >= 15 is 0 Å². The SMILES string of the molecule is COCCCN(CCOC)C(C)CC(=O)O. The molecule has 0 saturated carbocycles. The minimum atomic E-state index is -0.762. The molecular formula is C11H23NO4. The average Bonchev–Trinajstić information content (AvgIpc) is 2.22. The molecule has 0 heterocycles. The lowest BCUT2D eigenvalue weighted by molar-refractivity contribution is -0.138. The third-order valence-electron chi connectivity index (χ3n) is 2.47. The number of nitrogens with zero attached hydrogens (tertiary/aromatic N) is 1. The molecule has 5 heteroatoms. The number of aliphatic carboxylic acids is 1. The highest BCUT2D eigenvalue weighted by Crippen LogP contribution is 2.05. The molecule has 1 atom stereocenters. The summed E-state index contributed by atoms with van der Waals surface area (Å²) in [5, 5.41) is 8.75. The molecule has 1 unspecified atom stereocenters. The van der Waals surface area contributed by atoms with E-state index < -0.39 is 5.97 Å². The Morgan fingerprint density at radius 2 is 1.88 bits per heavy atom. The second kappa shape index (κ2) is 9.57. The van der Waals surface area contributed by atoms with Crippen molar-refractivity contribution in [2.45, 2.75) is 25.8 Å². The molecular weight excluding hydrogens is 210 g/mol. The number of hydrogen-bond acceptors (Lipinski definition) is 4. The predicted octanol–water partition coefficient (Wildman–Crippen LogP) is 0.835. The zero-order chi connectivity index (χ0) is 12.4. The number of carboxylic acids is 1. The summed E-state index contributed by atoms with van der Waals surface area (Å²) >= 11 is 0. The predicted molar refractivity (Wildman–Crippen MR) is 61.7 cm³/mol. The highest BCUT2D eigenvalue weighted by Gasteiger charge is 2.16. The largest absolute Gasteiger partial charge is 0.481 e. The molecule has 0 amide bonds. The molecule has 0 aliphatic carbocycles. The van der Waals surface area contributed by atoms with Crippen molar-refractivity contribution in [3.8, 4) is 0 Å². The maximum atomic E-state index is 10.6. The van der Waals surface area contributed by atoms with Crippen LogP contribution in [0, 0.1) is 0 Å². The summed E-state index contributed by atoms with van der Waals surface area (Å²) in [6, 6.07) is 0.0320. The van der Waals surface area contributed by atoms with Crippen molar-refractivity contribution in [1.29, 1.82) is 0 Å². The summed E-state index contributed by atoms with van der Waals surface area (Å²) in [4.78, 5) is 12.8. The van der Waals surface area contributed by atoms with Crippen LogP contribution < -0.4 is 0 Å². The van der Waals surface area contributed by atoms with Gasteiger partial charge in [0.05, 0.1) is 13.0 Å². The van der Waals surface area contributed by atoms with E-state index in [4.69, 9.17) is 14.6 Å². The fourth-order valence-electron chi connectivity index (χ4n) is 1.55. The minimum Gasteiger partial charge on any atom is -0.481 e. The third kappa shape index (κ3) is 7.62. The molecule has 0 aromatic heterocycles. The van der Waals surface area contributed by atoms with Crippen molar-refractivity contribution in [1.82, 2.24) is 4.90 Å². The third-order valence-corrected chi connectivity index (χ3v) is 2.47. The molecule has 96 valence electrons. The monoisotopic (exact) mass is 233 g/mol. The maximum absolute atomic E-state index is 10.6. The molecule has 5 nitrogen and oxygen atoms in total. The molecule has 0 bridgehead atoms. The molecule has 0 aromatic rings.